The number of aliphatic hydroxyl groups is 1. The van der Waals surface area contributed by atoms with Crippen LogP contribution in [0.3, 0.4) is 0 Å². The Morgan fingerprint density at radius 3 is 1.92 bits per heavy atom. The molecule has 3 aliphatic carbocycles. The molecule has 2 aromatic rings. The Labute approximate surface area is 144 Å². The van der Waals surface area contributed by atoms with E-state index < -0.39 is 6.10 Å². The maximum Gasteiger partial charge on any atom is 0.0728 e. The van der Waals surface area contributed by atoms with Gasteiger partial charge in [-0.15, -0.1) is 0 Å². The molecule has 5 rings (SSSR count). The largest absolute Gasteiger partial charge is 0.391 e. The van der Waals surface area contributed by atoms with Gasteiger partial charge in [-0.3, -0.25) is 0 Å². The Morgan fingerprint density at radius 2 is 1.33 bits per heavy atom. The molecule has 1 N–H and O–H groups in total. The van der Waals surface area contributed by atoms with Crippen molar-refractivity contribution in [3.63, 3.8) is 0 Å². The summed E-state index contributed by atoms with van der Waals surface area (Å²) in [5.74, 6) is 0.215. The molecule has 3 atom stereocenters. The van der Waals surface area contributed by atoms with Crippen molar-refractivity contribution >= 4 is 11.1 Å². The summed E-state index contributed by atoms with van der Waals surface area (Å²) < 4.78 is 0. The summed E-state index contributed by atoms with van der Waals surface area (Å²) in [6.45, 7) is 6.56. The third kappa shape index (κ3) is 1.98. The average Bonchev–Trinajstić information content (AvgIpc) is 2.60. The Kier molecular flexibility index (Phi) is 3.33. The molecule has 0 saturated heterocycles. The molecule has 1 heteroatoms. The van der Waals surface area contributed by atoms with Crippen LogP contribution in [0.25, 0.3) is 11.1 Å². The average molecular weight is 316 g/mol. The molecule has 0 saturated carbocycles. The Hall–Kier alpha value is -2.12. The van der Waals surface area contributed by atoms with E-state index in [9.17, 15) is 5.11 Å². The lowest BCUT2D eigenvalue weighted by atomic mass is 9.49. The zero-order valence-corrected chi connectivity index (χ0v) is 14.5. The van der Waals surface area contributed by atoms with Gasteiger partial charge in [0.2, 0.25) is 0 Å². The van der Waals surface area contributed by atoms with Crippen molar-refractivity contribution in [1.82, 2.24) is 0 Å². The second kappa shape index (κ2) is 5.19. The van der Waals surface area contributed by atoms with Crippen LogP contribution < -0.4 is 0 Å². The van der Waals surface area contributed by atoms with E-state index in [1.165, 1.54) is 22.3 Å². The summed E-state index contributed by atoms with van der Waals surface area (Å²) >= 11 is 0. The number of benzene rings is 2. The highest BCUT2D eigenvalue weighted by atomic mass is 16.3. The normalized spacial score (nSPS) is 30.7. The van der Waals surface area contributed by atoms with E-state index in [1.807, 2.05) is 6.07 Å². The maximum absolute atomic E-state index is 11.2. The first kappa shape index (κ1) is 15.4. The quantitative estimate of drug-likeness (QED) is 0.756. The van der Waals surface area contributed by atoms with Crippen LogP contribution in [0.1, 0.15) is 31.9 Å². The third-order valence-electron chi connectivity index (χ3n) is 5.98. The summed E-state index contributed by atoms with van der Waals surface area (Å²) in [7, 11) is 0. The van der Waals surface area contributed by atoms with E-state index >= 15 is 0 Å². The van der Waals surface area contributed by atoms with Gasteiger partial charge in [0.25, 0.3) is 0 Å². The highest BCUT2D eigenvalue weighted by Gasteiger charge is 2.56. The van der Waals surface area contributed by atoms with Gasteiger partial charge in [-0.05, 0) is 29.2 Å². The van der Waals surface area contributed by atoms with Crippen LogP contribution in [0, 0.1) is 16.7 Å². The molecule has 0 aromatic heterocycles. The van der Waals surface area contributed by atoms with E-state index in [-0.39, 0.29) is 16.7 Å². The van der Waals surface area contributed by atoms with Crippen molar-refractivity contribution in [3.05, 3.63) is 83.9 Å². The van der Waals surface area contributed by atoms with E-state index in [2.05, 4.69) is 87.5 Å². The van der Waals surface area contributed by atoms with Crippen molar-refractivity contribution < 1.29 is 5.11 Å². The number of fused-ring (bicyclic) bond motifs is 1. The minimum absolute atomic E-state index is 0.188. The zero-order chi connectivity index (χ0) is 16.9. The maximum atomic E-state index is 11.2. The van der Waals surface area contributed by atoms with Gasteiger partial charge in [-0.25, -0.2) is 0 Å². The molecule has 122 valence electrons. The van der Waals surface area contributed by atoms with Crippen LogP contribution in [0.2, 0.25) is 0 Å². The second-order valence-corrected chi connectivity index (χ2v) is 7.86. The molecule has 0 heterocycles. The predicted octanol–water partition coefficient (Wildman–Crippen LogP) is 5.19. The van der Waals surface area contributed by atoms with Crippen molar-refractivity contribution in [2.45, 2.75) is 26.9 Å². The predicted molar refractivity (Wildman–Crippen MR) is 100 cm³/mol. The first-order valence-corrected chi connectivity index (χ1v) is 8.69. The van der Waals surface area contributed by atoms with Gasteiger partial charge in [-0.2, -0.15) is 0 Å². The lowest BCUT2D eigenvalue weighted by Crippen LogP contribution is -2.53. The van der Waals surface area contributed by atoms with Gasteiger partial charge in [0.15, 0.2) is 0 Å². The van der Waals surface area contributed by atoms with Gasteiger partial charge in [0.05, 0.1) is 6.10 Å². The van der Waals surface area contributed by atoms with Crippen LogP contribution >= 0.6 is 0 Å². The fourth-order valence-electron chi connectivity index (χ4n) is 4.73. The molecule has 2 aromatic carbocycles. The molecule has 0 radical (unpaired) electrons. The topological polar surface area (TPSA) is 20.2 Å². The van der Waals surface area contributed by atoms with E-state index in [1.54, 1.807) is 0 Å². The van der Waals surface area contributed by atoms with Gasteiger partial charge < -0.3 is 5.11 Å². The molecule has 0 amide bonds. The van der Waals surface area contributed by atoms with E-state index in [0.29, 0.717) is 0 Å². The van der Waals surface area contributed by atoms with Crippen LogP contribution in [0.15, 0.2) is 72.8 Å². The summed E-state index contributed by atoms with van der Waals surface area (Å²) in [6.07, 6.45) is 4.13. The first-order chi connectivity index (χ1) is 11.5. The molecule has 1 nitrogen and oxygen atoms in total. The minimum Gasteiger partial charge on any atom is -0.391 e. The van der Waals surface area contributed by atoms with Gasteiger partial charge in [0.1, 0.15) is 0 Å². The number of allylic oxidation sites excluding steroid dienone is 2. The Morgan fingerprint density at radius 1 is 0.792 bits per heavy atom. The van der Waals surface area contributed by atoms with Gasteiger partial charge in [-0.1, -0.05) is 86.7 Å². The summed E-state index contributed by atoms with van der Waals surface area (Å²) in [5.41, 5.74) is 4.55. The second-order valence-electron chi connectivity index (χ2n) is 7.86. The monoisotopic (exact) mass is 316 g/mol. The minimum atomic E-state index is -0.400. The lowest BCUT2D eigenvalue weighted by Gasteiger charge is -2.56. The van der Waals surface area contributed by atoms with Crippen molar-refractivity contribution in [2.24, 2.45) is 16.7 Å². The fraction of sp³-hybridized carbons (Fsp3) is 0.304. The number of hydrogen-bond donors (Lipinski definition) is 1. The smallest absolute Gasteiger partial charge is 0.0728 e. The molecule has 3 aliphatic rings. The summed E-state index contributed by atoms with van der Waals surface area (Å²) in [4.78, 5) is 0. The first-order valence-electron chi connectivity index (χ1n) is 8.69. The Balaban J connectivity index is 2.06. The molecule has 0 aliphatic heterocycles. The molecule has 2 bridgehead atoms. The fourth-order valence-corrected chi connectivity index (χ4v) is 4.73. The van der Waals surface area contributed by atoms with Crippen molar-refractivity contribution in [1.29, 1.82) is 0 Å². The van der Waals surface area contributed by atoms with Crippen LogP contribution in [0.5, 0.6) is 0 Å². The lowest BCUT2D eigenvalue weighted by molar-refractivity contribution is -0.0303. The highest BCUT2D eigenvalue weighted by molar-refractivity contribution is 5.98. The molecule has 0 spiro atoms. The molecular weight excluding hydrogens is 292 g/mol. The van der Waals surface area contributed by atoms with E-state index in [0.717, 1.165) is 0 Å². The number of hydrogen-bond acceptors (Lipinski definition) is 1. The SMILES string of the molecule is CC1(C)[C@@H]2C=C[C@@](C)(C(c3ccccc3)=C2c2ccccc2)[C@@H]1O. The number of aliphatic hydroxyl groups excluding tert-OH is 1. The molecule has 0 fully saturated rings. The number of rotatable bonds is 2. The van der Waals surface area contributed by atoms with Crippen LogP contribution in [-0.2, 0) is 0 Å². The van der Waals surface area contributed by atoms with E-state index in [4.69, 9.17) is 0 Å². The van der Waals surface area contributed by atoms with Crippen LogP contribution in [0.4, 0.5) is 0 Å². The summed E-state index contributed by atoms with van der Waals surface area (Å²) in [5, 5.41) is 11.2. The third-order valence-corrected chi connectivity index (χ3v) is 5.98. The van der Waals surface area contributed by atoms with Gasteiger partial charge in [0, 0.05) is 16.7 Å². The Bertz CT molecular complexity index is 814. The molecular formula is C23H24O. The summed E-state index contributed by atoms with van der Waals surface area (Å²) in [6, 6.07) is 21.2. The van der Waals surface area contributed by atoms with Crippen molar-refractivity contribution in [3.8, 4) is 0 Å². The highest BCUT2D eigenvalue weighted by Crippen LogP contribution is 2.62. The zero-order valence-electron chi connectivity index (χ0n) is 14.5. The van der Waals surface area contributed by atoms with Gasteiger partial charge >= 0.3 is 0 Å². The molecule has 0 unspecified atom stereocenters. The van der Waals surface area contributed by atoms with Crippen LogP contribution in [-0.4, -0.2) is 11.2 Å². The van der Waals surface area contributed by atoms with Crippen molar-refractivity contribution in [2.75, 3.05) is 0 Å². The molecule has 24 heavy (non-hydrogen) atoms. The standard InChI is InChI=1S/C23H24O/c1-22(2)18-14-15-23(3,21(22)24)20(17-12-8-5-9-13-17)19(18)16-10-6-4-7-11-16/h4-15,18,21,24H,1-3H3/t18-,21-,23+/m1/s1.